The van der Waals surface area contributed by atoms with Gasteiger partial charge < -0.3 is 11.1 Å². The molecule has 0 bridgehead atoms. The van der Waals surface area contributed by atoms with Crippen molar-refractivity contribution >= 4 is 17.1 Å². The minimum atomic E-state index is -0.415. The van der Waals surface area contributed by atoms with Crippen molar-refractivity contribution in [3.05, 3.63) is 28.3 Å². The Hall–Kier alpha value is -1.78. The first kappa shape index (κ1) is 13.6. The monoisotopic (exact) mass is 263 g/mol. The standard InChI is InChI=1S/C14H21N3O2/c1-10-5-2-3-6-11(10)9-16-13-8-4-7-12(15)14(13)17(18)19/h4,7-8,10-11,16H,2-3,5-6,9,15H2,1H3. The summed E-state index contributed by atoms with van der Waals surface area (Å²) in [5.41, 5.74) is 6.41. The van der Waals surface area contributed by atoms with E-state index in [-0.39, 0.29) is 11.4 Å². The van der Waals surface area contributed by atoms with Crippen LogP contribution in [0.25, 0.3) is 0 Å². The number of benzene rings is 1. The van der Waals surface area contributed by atoms with E-state index in [1.165, 1.54) is 25.7 Å². The minimum Gasteiger partial charge on any atom is -0.393 e. The molecule has 2 rings (SSSR count). The van der Waals surface area contributed by atoms with Crippen molar-refractivity contribution in [1.82, 2.24) is 0 Å². The molecule has 0 aromatic heterocycles. The summed E-state index contributed by atoms with van der Waals surface area (Å²) in [6.45, 7) is 3.05. The van der Waals surface area contributed by atoms with Crippen molar-refractivity contribution in [1.29, 1.82) is 0 Å². The third-order valence-electron chi connectivity index (χ3n) is 4.09. The fourth-order valence-electron chi connectivity index (χ4n) is 2.85. The normalized spacial score (nSPS) is 23.0. The number of hydrogen-bond donors (Lipinski definition) is 2. The van der Waals surface area contributed by atoms with E-state index in [1.54, 1.807) is 18.2 Å². The van der Waals surface area contributed by atoms with Gasteiger partial charge in [-0.1, -0.05) is 32.3 Å². The lowest BCUT2D eigenvalue weighted by atomic mass is 9.80. The molecule has 2 unspecified atom stereocenters. The Balaban J connectivity index is 2.07. The maximum atomic E-state index is 11.0. The van der Waals surface area contributed by atoms with Crippen LogP contribution >= 0.6 is 0 Å². The number of nitro groups is 1. The predicted octanol–water partition coefficient (Wildman–Crippen LogP) is 3.42. The molecule has 0 heterocycles. The molecule has 5 heteroatoms. The van der Waals surface area contributed by atoms with Crippen molar-refractivity contribution < 1.29 is 4.92 Å². The Bertz CT molecular complexity index is 462. The van der Waals surface area contributed by atoms with Gasteiger partial charge in [0.25, 0.3) is 0 Å². The SMILES string of the molecule is CC1CCCCC1CNc1cccc(N)c1[N+](=O)[O-]. The van der Waals surface area contributed by atoms with Crippen molar-refractivity contribution in [3.8, 4) is 0 Å². The quantitative estimate of drug-likeness (QED) is 0.495. The van der Waals surface area contributed by atoms with Crippen molar-refractivity contribution in [2.24, 2.45) is 11.8 Å². The van der Waals surface area contributed by atoms with Crippen LogP contribution in [0.3, 0.4) is 0 Å². The van der Waals surface area contributed by atoms with Crippen LogP contribution in [0.4, 0.5) is 17.1 Å². The molecule has 0 radical (unpaired) electrons. The van der Waals surface area contributed by atoms with E-state index in [1.807, 2.05) is 0 Å². The molecule has 3 N–H and O–H groups in total. The number of anilines is 2. The number of nitrogens with zero attached hydrogens (tertiary/aromatic N) is 1. The number of nitrogens with one attached hydrogen (secondary N) is 1. The van der Waals surface area contributed by atoms with Gasteiger partial charge in [-0.3, -0.25) is 10.1 Å². The fourth-order valence-corrected chi connectivity index (χ4v) is 2.85. The highest BCUT2D eigenvalue weighted by Gasteiger charge is 2.23. The van der Waals surface area contributed by atoms with E-state index in [2.05, 4.69) is 12.2 Å². The Kier molecular flexibility index (Phi) is 4.24. The average Bonchev–Trinajstić information content (AvgIpc) is 2.37. The summed E-state index contributed by atoms with van der Waals surface area (Å²) in [7, 11) is 0. The zero-order chi connectivity index (χ0) is 13.8. The first-order valence-electron chi connectivity index (χ1n) is 6.86. The van der Waals surface area contributed by atoms with Gasteiger partial charge in [0.05, 0.1) is 4.92 Å². The van der Waals surface area contributed by atoms with E-state index >= 15 is 0 Å². The molecule has 0 spiro atoms. The lowest BCUT2D eigenvalue weighted by Gasteiger charge is -2.29. The summed E-state index contributed by atoms with van der Waals surface area (Å²) < 4.78 is 0. The topological polar surface area (TPSA) is 81.2 Å². The predicted molar refractivity (Wildman–Crippen MR) is 77.1 cm³/mol. The van der Waals surface area contributed by atoms with E-state index in [9.17, 15) is 10.1 Å². The Morgan fingerprint density at radius 3 is 2.84 bits per heavy atom. The number of nitrogen functional groups attached to an aromatic ring is 1. The molecule has 104 valence electrons. The average molecular weight is 263 g/mol. The van der Waals surface area contributed by atoms with Gasteiger partial charge in [-0.15, -0.1) is 0 Å². The first-order chi connectivity index (χ1) is 9.09. The highest BCUT2D eigenvalue weighted by Crippen LogP contribution is 2.33. The molecule has 1 aromatic rings. The van der Waals surface area contributed by atoms with Crippen molar-refractivity contribution in [2.45, 2.75) is 32.6 Å². The van der Waals surface area contributed by atoms with E-state index in [0.717, 1.165) is 6.54 Å². The summed E-state index contributed by atoms with van der Waals surface area (Å²) >= 11 is 0. The summed E-state index contributed by atoms with van der Waals surface area (Å²) in [5.74, 6) is 1.27. The van der Waals surface area contributed by atoms with Gasteiger partial charge in [0.2, 0.25) is 0 Å². The van der Waals surface area contributed by atoms with Crippen LogP contribution in [-0.4, -0.2) is 11.5 Å². The highest BCUT2D eigenvalue weighted by molar-refractivity contribution is 5.74. The van der Waals surface area contributed by atoms with E-state index in [0.29, 0.717) is 17.5 Å². The minimum absolute atomic E-state index is 0.00837. The van der Waals surface area contributed by atoms with Gasteiger partial charge in [-0.2, -0.15) is 0 Å². The van der Waals surface area contributed by atoms with Crippen LogP contribution in [0, 0.1) is 22.0 Å². The van der Waals surface area contributed by atoms with Crippen LogP contribution in [0.1, 0.15) is 32.6 Å². The molecule has 0 saturated heterocycles. The van der Waals surface area contributed by atoms with Crippen LogP contribution in [-0.2, 0) is 0 Å². The molecule has 19 heavy (non-hydrogen) atoms. The van der Waals surface area contributed by atoms with Gasteiger partial charge >= 0.3 is 5.69 Å². The number of para-hydroxylation sites is 1. The van der Waals surface area contributed by atoms with Gasteiger partial charge in [0.1, 0.15) is 11.4 Å². The zero-order valence-electron chi connectivity index (χ0n) is 11.3. The smallest absolute Gasteiger partial charge is 0.314 e. The molecule has 1 aliphatic rings. The number of nitrogens with two attached hydrogens (primary N) is 1. The lowest BCUT2D eigenvalue weighted by Crippen LogP contribution is -2.24. The van der Waals surface area contributed by atoms with Crippen LogP contribution in [0.2, 0.25) is 0 Å². The van der Waals surface area contributed by atoms with E-state index in [4.69, 9.17) is 5.73 Å². The van der Waals surface area contributed by atoms with Gasteiger partial charge in [-0.05, 0) is 30.4 Å². The molecule has 1 aromatic carbocycles. The van der Waals surface area contributed by atoms with Gasteiger partial charge in [-0.25, -0.2) is 0 Å². The molecular weight excluding hydrogens is 242 g/mol. The molecule has 0 aliphatic heterocycles. The Morgan fingerprint density at radius 2 is 2.16 bits per heavy atom. The van der Waals surface area contributed by atoms with Crippen molar-refractivity contribution in [2.75, 3.05) is 17.6 Å². The molecule has 0 amide bonds. The third kappa shape index (κ3) is 3.16. The summed E-state index contributed by atoms with van der Waals surface area (Å²) in [6.07, 6.45) is 5.02. The maximum Gasteiger partial charge on any atom is 0.314 e. The highest BCUT2D eigenvalue weighted by atomic mass is 16.6. The molecule has 1 saturated carbocycles. The molecule has 1 fully saturated rings. The summed E-state index contributed by atoms with van der Waals surface area (Å²) in [4.78, 5) is 10.6. The van der Waals surface area contributed by atoms with E-state index < -0.39 is 4.92 Å². The largest absolute Gasteiger partial charge is 0.393 e. The molecule has 5 nitrogen and oxygen atoms in total. The van der Waals surface area contributed by atoms with Crippen LogP contribution in [0.15, 0.2) is 18.2 Å². The van der Waals surface area contributed by atoms with Gasteiger partial charge in [0.15, 0.2) is 0 Å². The Morgan fingerprint density at radius 1 is 1.42 bits per heavy atom. The second-order valence-corrected chi connectivity index (χ2v) is 5.40. The number of nitro benzene ring substituents is 1. The zero-order valence-corrected chi connectivity index (χ0v) is 11.3. The first-order valence-corrected chi connectivity index (χ1v) is 6.86. The van der Waals surface area contributed by atoms with Crippen LogP contribution in [0.5, 0.6) is 0 Å². The summed E-state index contributed by atoms with van der Waals surface area (Å²) in [5, 5.41) is 14.3. The maximum absolute atomic E-state index is 11.0. The molecular formula is C14H21N3O2. The van der Waals surface area contributed by atoms with Gasteiger partial charge in [0, 0.05) is 6.54 Å². The Labute approximate surface area is 113 Å². The third-order valence-corrected chi connectivity index (χ3v) is 4.09. The lowest BCUT2D eigenvalue weighted by molar-refractivity contribution is -0.383. The number of rotatable bonds is 4. The second kappa shape index (κ2) is 5.91. The number of hydrogen-bond acceptors (Lipinski definition) is 4. The van der Waals surface area contributed by atoms with Crippen LogP contribution < -0.4 is 11.1 Å². The summed E-state index contributed by atoms with van der Waals surface area (Å²) in [6, 6.07) is 5.03. The molecule has 2 atom stereocenters. The fraction of sp³-hybridized carbons (Fsp3) is 0.571. The van der Waals surface area contributed by atoms with Crippen molar-refractivity contribution in [3.63, 3.8) is 0 Å². The molecule has 1 aliphatic carbocycles. The second-order valence-electron chi connectivity index (χ2n) is 5.40.